The van der Waals surface area contributed by atoms with Crippen LogP contribution in [0.1, 0.15) is 6.92 Å². The normalized spacial score (nSPS) is 22.2. The highest BCUT2D eigenvalue weighted by molar-refractivity contribution is 5.82. The van der Waals surface area contributed by atoms with E-state index in [-0.39, 0.29) is 24.1 Å². The minimum atomic E-state index is -0.223. The van der Waals surface area contributed by atoms with E-state index < -0.39 is 0 Å². The van der Waals surface area contributed by atoms with Crippen LogP contribution in [-0.4, -0.2) is 55.2 Å². The lowest BCUT2D eigenvalue weighted by Gasteiger charge is -2.46. The summed E-state index contributed by atoms with van der Waals surface area (Å²) in [6.07, 6.45) is 0. The minimum Gasteiger partial charge on any atom is -0.372 e. The molecular weight excluding hydrogens is 198 g/mol. The van der Waals surface area contributed by atoms with Crippen LogP contribution in [0.15, 0.2) is 0 Å². The third kappa shape index (κ3) is 1.90. The molecule has 0 radical (unpaired) electrons. The monoisotopic (exact) mass is 213 g/mol. The Balaban J connectivity index is 1.77. The lowest BCUT2D eigenvalue weighted by Crippen LogP contribution is -2.70. The van der Waals surface area contributed by atoms with Crippen LogP contribution in [0.3, 0.4) is 0 Å². The van der Waals surface area contributed by atoms with E-state index in [9.17, 15) is 9.59 Å². The molecule has 0 aliphatic carbocycles. The zero-order valence-corrected chi connectivity index (χ0v) is 8.71. The van der Waals surface area contributed by atoms with Crippen LogP contribution in [0.4, 0.5) is 4.79 Å². The molecule has 2 N–H and O–H groups in total. The van der Waals surface area contributed by atoms with E-state index in [2.05, 4.69) is 10.6 Å². The number of carbonyl (C=O) groups is 2. The van der Waals surface area contributed by atoms with Gasteiger partial charge in [-0.25, -0.2) is 4.79 Å². The minimum absolute atomic E-state index is 0.0105. The standard InChI is InChI=1S/C9H15N3O3/c1-2-15-3-7(13)12-5-9(6-12)4-10-8(14)11-9/h2-6H2,1H3,(H2,10,11,14). The fourth-order valence-corrected chi connectivity index (χ4v) is 1.91. The number of amides is 3. The van der Waals surface area contributed by atoms with Crippen LogP contribution < -0.4 is 10.6 Å². The molecule has 84 valence electrons. The zero-order valence-electron chi connectivity index (χ0n) is 8.71. The molecule has 0 aromatic rings. The molecule has 0 aromatic heterocycles. The third-order valence-electron chi connectivity index (χ3n) is 2.74. The number of carbonyl (C=O) groups excluding carboxylic acids is 2. The topological polar surface area (TPSA) is 70.7 Å². The summed E-state index contributed by atoms with van der Waals surface area (Å²) in [5.74, 6) is -0.0105. The maximum absolute atomic E-state index is 11.5. The number of likely N-dealkylation sites (tertiary alicyclic amines) is 1. The first-order chi connectivity index (χ1) is 7.15. The van der Waals surface area contributed by atoms with Crippen molar-refractivity contribution in [1.29, 1.82) is 0 Å². The van der Waals surface area contributed by atoms with E-state index in [1.165, 1.54) is 0 Å². The number of urea groups is 1. The maximum Gasteiger partial charge on any atom is 0.315 e. The summed E-state index contributed by atoms with van der Waals surface area (Å²) in [5.41, 5.74) is -0.223. The number of rotatable bonds is 3. The second-order valence-electron chi connectivity index (χ2n) is 3.97. The fraction of sp³-hybridized carbons (Fsp3) is 0.778. The van der Waals surface area contributed by atoms with Crippen molar-refractivity contribution in [3.8, 4) is 0 Å². The van der Waals surface area contributed by atoms with Gasteiger partial charge < -0.3 is 20.3 Å². The highest BCUT2D eigenvalue weighted by Gasteiger charge is 2.49. The van der Waals surface area contributed by atoms with Crippen LogP contribution in [0, 0.1) is 0 Å². The van der Waals surface area contributed by atoms with Gasteiger partial charge in [-0.1, -0.05) is 0 Å². The van der Waals surface area contributed by atoms with E-state index in [0.717, 1.165) is 0 Å². The Labute approximate surface area is 87.9 Å². The first kappa shape index (κ1) is 10.2. The van der Waals surface area contributed by atoms with Crippen LogP contribution in [0.5, 0.6) is 0 Å². The molecule has 0 saturated carbocycles. The lowest BCUT2D eigenvalue weighted by molar-refractivity contribution is -0.143. The van der Waals surface area contributed by atoms with Crippen LogP contribution in [-0.2, 0) is 9.53 Å². The van der Waals surface area contributed by atoms with E-state index >= 15 is 0 Å². The Morgan fingerprint density at radius 1 is 1.60 bits per heavy atom. The van der Waals surface area contributed by atoms with Gasteiger partial charge in [0, 0.05) is 26.2 Å². The van der Waals surface area contributed by atoms with Gasteiger partial charge in [0.2, 0.25) is 5.91 Å². The van der Waals surface area contributed by atoms with Crippen LogP contribution in [0.25, 0.3) is 0 Å². The van der Waals surface area contributed by atoms with Crippen molar-refractivity contribution >= 4 is 11.9 Å². The summed E-state index contributed by atoms with van der Waals surface area (Å²) in [7, 11) is 0. The molecular formula is C9H15N3O3. The van der Waals surface area contributed by atoms with Gasteiger partial charge in [0.25, 0.3) is 0 Å². The Morgan fingerprint density at radius 2 is 2.33 bits per heavy atom. The summed E-state index contributed by atoms with van der Waals surface area (Å²) in [6, 6.07) is -0.146. The summed E-state index contributed by atoms with van der Waals surface area (Å²) in [4.78, 5) is 24.1. The molecule has 2 aliphatic heterocycles. The smallest absolute Gasteiger partial charge is 0.315 e. The van der Waals surface area contributed by atoms with Crippen molar-refractivity contribution in [3.05, 3.63) is 0 Å². The number of nitrogens with one attached hydrogen (secondary N) is 2. The van der Waals surface area contributed by atoms with E-state index in [0.29, 0.717) is 26.2 Å². The Hall–Kier alpha value is -1.30. The van der Waals surface area contributed by atoms with Crippen molar-refractivity contribution in [2.45, 2.75) is 12.5 Å². The number of nitrogens with zero attached hydrogens (tertiary/aromatic N) is 1. The van der Waals surface area contributed by atoms with Gasteiger partial charge in [-0.15, -0.1) is 0 Å². The van der Waals surface area contributed by atoms with Crippen molar-refractivity contribution in [2.75, 3.05) is 32.8 Å². The molecule has 2 rings (SSSR count). The molecule has 0 bridgehead atoms. The molecule has 2 heterocycles. The van der Waals surface area contributed by atoms with Crippen LogP contribution >= 0.6 is 0 Å². The molecule has 2 fully saturated rings. The van der Waals surface area contributed by atoms with Gasteiger partial charge in [-0.3, -0.25) is 4.79 Å². The molecule has 2 saturated heterocycles. The Bertz CT molecular complexity index is 286. The summed E-state index contributed by atoms with van der Waals surface area (Å²) >= 11 is 0. The van der Waals surface area contributed by atoms with Gasteiger partial charge in [0.05, 0.1) is 5.54 Å². The Kier molecular flexibility index (Phi) is 2.52. The highest BCUT2D eigenvalue weighted by atomic mass is 16.5. The van der Waals surface area contributed by atoms with E-state index in [1.54, 1.807) is 4.90 Å². The van der Waals surface area contributed by atoms with Crippen molar-refractivity contribution in [3.63, 3.8) is 0 Å². The van der Waals surface area contributed by atoms with Gasteiger partial charge in [-0.2, -0.15) is 0 Å². The average Bonchev–Trinajstić information content (AvgIpc) is 2.54. The fourth-order valence-electron chi connectivity index (χ4n) is 1.91. The maximum atomic E-state index is 11.5. The predicted molar refractivity (Wildman–Crippen MR) is 52.3 cm³/mol. The van der Waals surface area contributed by atoms with Crippen molar-refractivity contribution in [2.24, 2.45) is 0 Å². The largest absolute Gasteiger partial charge is 0.372 e. The number of hydrogen-bond acceptors (Lipinski definition) is 3. The van der Waals surface area contributed by atoms with Gasteiger partial charge in [0.1, 0.15) is 6.61 Å². The first-order valence-corrected chi connectivity index (χ1v) is 5.07. The summed E-state index contributed by atoms with van der Waals surface area (Å²) in [5, 5.41) is 5.52. The lowest BCUT2D eigenvalue weighted by atomic mass is 9.91. The molecule has 2 aliphatic rings. The predicted octanol–water partition coefficient (Wildman–Crippen LogP) is -1.08. The molecule has 6 nitrogen and oxygen atoms in total. The molecule has 6 heteroatoms. The quantitative estimate of drug-likeness (QED) is 0.626. The van der Waals surface area contributed by atoms with Gasteiger partial charge in [-0.05, 0) is 6.92 Å². The SMILES string of the molecule is CCOCC(=O)N1CC2(CNC(=O)N2)C1. The van der Waals surface area contributed by atoms with Gasteiger partial charge >= 0.3 is 6.03 Å². The number of ether oxygens (including phenoxy) is 1. The molecule has 0 unspecified atom stereocenters. The molecule has 0 aromatic carbocycles. The molecule has 1 spiro atoms. The average molecular weight is 213 g/mol. The molecule has 0 atom stereocenters. The second kappa shape index (κ2) is 3.69. The Morgan fingerprint density at radius 3 is 2.87 bits per heavy atom. The summed E-state index contributed by atoms with van der Waals surface area (Å²) < 4.78 is 5.03. The van der Waals surface area contributed by atoms with Crippen molar-refractivity contribution in [1.82, 2.24) is 15.5 Å². The summed E-state index contributed by atoms with van der Waals surface area (Å²) in [6.45, 7) is 4.29. The molecule has 15 heavy (non-hydrogen) atoms. The second-order valence-corrected chi connectivity index (χ2v) is 3.97. The third-order valence-corrected chi connectivity index (χ3v) is 2.74. The first-order valence-electron chi connectivity index (χ1n) is 5.07. The number of hydrogen-bond donors (Lipinski definition) is 2. The highest BCUT2D eigenvalue weighted by Crippen LogP contribution is 2.22. The van der Waals surface area contributed by atoms with Crippen molar-refractivity contribution < 1.29 is 14.3 Å². The van der Waals surface area contributed by atoms with Crippen LogP contribution in [0.2, 0.25) is 0 Å². The van der Waals surface area contributed by atoms with Gasteiger partial charge in [0.15, 0.2) is 0 Å². The zero-order chi connectivity index (χ0) is 10.9. The molecule has 3 amide bonds. The van der Waals surface area contributed by atoms with E-state index in [1.807, 2.05) is 6.92 Å². The van der Waals surface area contributed by atoms with E-state index in [4.69, 9.17) is 4.74 Å².